The Hall–Kier alpha value is -0.650. The van der Waals surface area contributed by atoms with E-state index in [1.54, 1.807) is 0 Å². The number of carbonyl (C=O) groups is 1. The molecule has 0 aliphatic carbocycles. The van der Waals surface area contributed by atoms with Gasteiger partial charge in [-0.25, -0.2) is 0 Å². The molecule has 5 heteroatoms. The van der Waals surface area contributed by atoms with E-state index < -0.39 is 5.54 Å². The van der Waals surface area contributed by atoms with Gasteiger partial charge in [0.15, 0.2) is 0 Å². The highest BCUT2D eigenvalue weighted by Gasteiger charge is 2.40. The van der Waals surface area contributed by atoms with Crippen molar-refractivity contribution in [1.82, 2.24) is 9.80 Å². The first-order valence-electron chi connectivity index (χ1n) is 6.85. The lowest BCUT2D eigenvalue weighted by molar-refractivity contribution is -0.142. The smallest absolute Gasteiger partial charge is 0.242 e. The highest BCUT2D eigenvalue weighted by molar-refractivity contribution is 5.86. The van der Waals surface area contributed by atoms with Crippen molar-refractivity contribution < 1.29 is 9.53 Å². The summed E-state index contributed by atoms with van der Waals surface area (Å²) >= 11 is 0. The predicted octanol–water partition coefficient (Wildman–Crippen LogP) is 0.0469. The van der Waals surface area contributed by atoms with Gasteiger partial charge in [-0.15, -0.1) is 0 Å². The molecular formula is C13H25N3O2. The lowest BCUT2D eigenvalue weighted by Gasteiger charge is -2.41. The van der Waals surface area contributed by atoms with Gasteiger partial charge < -0.3 is 20.3 Å². The molecule has 5 nitrogen and oxygen atoms in total. The van der Waals surface area contributed by atoms with Crippen LogP contribution in [0.25, 0.3) is 0 Å². The van der Waals surface area contributed by atoms with E-state index in [1.165, 1.54) is 0 Å². The van der Waals surface area contributed by atoms with Gasteiger partial charge in [-0.1, -0.05) is 0 Å². The van der Waals surface area contributed by atoms with Gasteiger partial charge in [-0.2, -0.15) is 0 Å². The van der Waals surface area contributed by atoms with E-state index >= 15 is 0 Å². The van der Waals surface area contributed by atoms with Crippen molar-refractivity contribution in [2.75, 3.05) is 40.4 Å². The topological polar surface area (TPSA) is 58.8 Å². The molecule has 2 aliphatic heterocycles. The monoisotopic (exact) mass is 255 g/mol. The lowest BCUT2D eigenvalue weighted by atomic mass is 9.89. The number of nitrogens with two attached hydrogens (primary N) is 1. The summed E-state index contributed by atoms with van der Waals surface area (Å²) in [4.78, 5) is 16.7. The Labute approximate surface area is 109 Å². The number of amides is 1. The van der Waals surface area contributed by atoms with Gasteiger partial charge in [0.1, 0.15) is 0 Å². The van der Waals surface area contributed by atoms with E-state index in [9.17, 15) is 4.79 Å². The number of likely N-dealkylation sites (tertiary alicyclic amines) is 1. The summed E-state index contributed by atoms with van der Waals surface area (Å²) in [6.07, 6.45) is 3.51. The first kappa shape index (κ1) is 13.8. The maximum Gasteiger partial charge on any atom is 0.242 e. The molecule has 0 spiro atoms. The van der Waals surface area contributed by atoms with Gasteiger partial charge in [0.25, 0.3) is 0 Å². The van der Waals surface area contributed by atoms with Crippen LogP contribution in [0.2, 0.25) is 0 Å². The Balaban J connectivity index is 1.98. The summed E-state index contributed by atoms with van der Waals surface area (Å²) in [7, 11) is 4.01. The number of nitrogens with zero attached hydrogens (tertiary/aromatic N) is 2. The standard InChI is InChI=1S/C13H25N3O2/c1-15-7-3-4-11(10-15)16(2)12(17)13(14)5-8-18-9-6-13/h11H,3-10,14H2,1-2H3. The Kier molecular flexibility index (Phi) is 4.25. The molecule has 18 heavy (non-hydrogen) atoms. The van der Waals surface area contributed by atoms with Gasteiger partial charge in [0, 0.05) is 32.8 Å². The molecule has 0 aromatic carbocycles. The molecular weight excluding hydrogens is 230 g/mol. The largest absolute Gasteiger partial charge is 0.381 e. The summed E-state index contributed by atoms with van der Waals surface area (Å²) in [6, 6.07) is 0.305. The first-order chi connectivity index (χ1) is 8.53. The number of rotatable bonds is 2. The van der Waals surface area contributed by atoms with E-state index in [0.29, 0.717) is 32.1 Å². The second kappa shape index (κ2) is 5.55. The van der Waals surface area contributed by atoms with Crippen molar-refractivity contribution in [3.63, 3.8) is 0 Å². The van der Waals surface area contributed by atoms with Crippen LogP contribution in [0.1, 0.15) is 25.7 Å². The minimum Gasteiger partial charge on any atom is -0.381 e. The average Bonchev–Trinajstić information content (AvgIpc) is 2.38. The van der Waals surface area contributed by atoms with Crippen LogP contribution in [0.15, 0.2) is 0 Å². The van der Waals surface area contributed by atoms with Crippen molar-refractivity contribution in [3.05, 3.63) is 0 Å². The van der Waals surface area contributed by atoms with E-state index in [2.05, 4.69) is 11.9 Å². The van der Waals surface area contributed by atoms with Gasteiger partial charge >= 0.3 is 0 Å². The minimum absolute atomic E-state index is 0.0890. The highest BCUT2D eigenvalue weighted by Crippen LogP contribution is 2.23. The Morgan fingerprint density at radius 3 is 2.72 bits per heavy atom. The van der Waals surface area contributed by atoms with Crippen molar-refractivity contribution in [1.29, 1.82) is 0 Å². The van der Waals surface area contributed by atoms with Crippen LogP contribution in [0.5, 0.6) is 0 Å². The van der Waals surface area contributed by atoms with Crippen molar-refractivity contribution in [2.45, 2.75) is 37.3 Å². The SMILES string of the molecule is CN1CCCC(N(C)C(=O)C2(N)CCOCC2)C1. The van der Waals surface area contributed by atoms with Crippen LogP contribution in [-0.2, 0) is 9.53 Å². The van der Waals surface area contributed by atoms with Crippen LogP contribution < -0.4 is 5.73 Å². The molecule has 1 atom stereocenters. The first-order valence-corrected chi connectivity index (χ1v) is 6.85. The molecule has 0 bridgehead atoms. The number of ether oxygens (including phenoxy) is 1. The third-order valence-corrected chi connectivity index (χ3v) is 4.28. The van der Waals surface area contributed by atoms with E-state index in [0.717, 1.165) is 25.9 Å². The lowest BCUT2D eigenvalue weighted by Crippen LogP contribution is -2.60. The fourth-order valence-electron chi connectivity index (χ4n) is 2.92. The van der Waals surface area contributed by atoms with Crippen LogP contribution >= 0.6 is 0 Å². The fraction of sp³-hybridized carbons (Fsp3) is 0.923. The van der Waals surface area contributed by atoms with Crippen LogP contribution in [0.3, 0.4) is 0 Å². The third-order valence-electron chi connectivity index (χ3n) is 4.28. The predicted molar refractivity (Wildman–Crippen MR) is 70.3 cm³/mol. The summed E-state index contributed by atoms with van der Waals surface area (Å²) < 4.78 is 5.30. The molecule has 1 amide bonds. The van der Waals surface area contributed by atoms with Crippen LogP contribution in [0, 0.1) is 0 Å². The molecule has 104 valence electrons. The molecule has 1 unspecified atom stereocenters. The fourth-order valence-corrected chi connectivity index (χ4v) is 2.92. The second-order valence-electron chi connectivity index (χ2n) is 5.74. The summed E-state index contributed by atoms with van der Waals surface area (Å²) in [5.74, 6) is 0.0890. The summed E-state index contributed by atoms with van der Waals surface area (Å²) in [5.41, 5.74) is 5.55. The number of hydrogen-bond acceptors (Lipinski definition) is 4. The van der Waals surface area contributed by atoms with E-state index in [1.807, 2.05) is 11.9 Å². The molecule has 2 fully saturated rings. The quantitative estimate of drug-likeness (QED) is 0.757. The maximum absolute atomic E-state index is 12.6. The highest BCUT2D eigenvalue weighted by atomic mass is 16.5. The number of piperidine rings is 1. The van der Waals surface area contributed by atoms with Gasteiger partial charge in [0.2, 0.25) is 5.91 Å². The van der Waals surface area contributed by atoms with E-state index in [-0.39, 0.29) is 5.91 Å². The van der Waals surface area contributed by atoms with Crippen LogP contribution in [-0.4, -0.2) is 67.7 Å². The Morgan fingerprint density at radius 1 is 1.44 bits per heavy atom. The number of hydrogen-bond donors (Lipinski definition) is 1. The molecule has 0 aromatic heterocycles. The zero-order valence-corrected chi connectivity index (χ0v) is 11.5. The van der Waals surface area contributed by atoms with Crippen molar-refractivity contribution >= 4 is 5.91 Å². The van der Waals surface area contributed by atoms with Gasteiger partial charge in [-0.3, -0.25) is 4.79 Å². The van der Waals surface area contributed by atoms with Crippen molar-refractivity contribution in [3.8, 4) is 0 Å². The summed E-state index contributed by atoms with van der Waals surface area (Å²) in [6.45, 7) is 3.27. The summed E-state index contributed by atoms with van der Waals surface area (Å²) in [5, 5.41) is 0. The number of likely N-dealkylation sites (N-methyl/N-ethyl adjacent to an activating group) is 2. The number of carbonyl (C=O) groups excluding carboxylic acids is 1. The molecule has 2 rings (SSSR count). The second-order valence-corrected chi connectivity index (χ2v) is 5.74. The van der Waals surface area contributed by atoms with Gasteiger partial charge in [0.05, 0.1) is 5.54 Å². The molecule has 2 saturated heterocycles. The zero-order valence-electron chi connectivity index (χ0n) is 11.5. The van der Waals surface area contributed by atoms with Crippen LogP contribution in [0.4, 0.5) is 0 Å². The molecule has 0 aromatic rings. The average molecular weight is 255 g/mol. The Morgan fingerprint density at radius 2 is 2.11 bits per heavy atom. The molecule has 0 radical (unpaired) electrons. The maximum atomic E-state index is 12.6. The molecule has 2 N–H and O–H groups in total. The normalized spacial score (nSPS) is 28.9. The zero-order chi connectivity index (χ0) is 13.2. The minimum atomic E-state index is -0.705. The molecule has 2 heterocycles. The third kappa shape index (κ3) is 2.84. The van der Waals surface area contributed by atoms with E-state index in [4.69, 9.17) is 10.5 Å². The molecule has 2 aliphatic rings. The molecule has 0 saturated carbocycles. The van der Waals surface area contributed by atoms with Crippen molar-refractivity contribution in [2.24, 2.45) is 5.73 Å². The Bertz CT molecular complexity index is 303. The van der Waals surface area contributed by atoms with Gasteiger partial charge in [-0.05, 0) is 39.3 Å².